The first-order chi connectivity index (χ1) is 13.1. The van der Waals surface area contributed by atoms with E-state index in [0.717, 1.165) is 29.9 Å². The second-order valence-corrected chi connectivity index (χ2v) is 7.17. The predicted octanol–water partition coefficient (Wildman–Crippen LogP) is 0.469. The van der Waals surface area contributed by atoms with Gasteiger partial charge in [0.25, 0.3) is 5.91 Å². The SMILES string of the molecule is CN(CC(=O)NC1CC1)C(=O)CN1C(=O)NC(C)(c2ccc(F)c(F)c2)C1=O. The van der Waals surface area contributed by atoms with Crippen molar-refractivity contribution in [1.82, 2.24) is 20.4 Å². The number of nitrogens with zero attached hydrogens (tertiary/aromatic N) is 2. The first kappa shape index (κ1) is 19.7. The van der Waals surface area contributed by atoms with Crippen molar-refractivity contribution < 1.29 is 28.0 Å². The maximum absolute atomic E-state index is 13.5. The van der Waals surface area contributed by atoms with Gasteiger partial charge in [0, 0.05) is 13.1 Å². The van der Waals surface area contributed by atoms with Gasteiger partial charge >= 0.3 is 6.03 Å². The van der Waals surface area contributed by atoms with Crippen LogP contribution in [0.1, 0.15) is 25.3 Å². The molecule has 1 aromatic rings. The number of urea groups is 1. The molecule has 1 saturated heterocycles. The van der Waals surface area contributed by atoms with Crippen molar-refractivity contribution in [2.75, 3.05) is 20.1 Å². The van der Waals surface area contributed by atoms with E-state index in [0.29, 0.717) is 4.90 Å². The molecule has 150 valence electrons. The number of benzene rings is 1. The third-order valence-electron chi connectivity index (χ3n) is 4.81. The van der Waals surface area contributed by atoms with Crippen LogP contribution in [0.15, 0.2) is 18.2 Å². The Kier molecular flexibility index (Phi) is 5.05. The van der Waals surface area contributed by atoms with Crippen LogP contribution >= 0.6 is 0 Å². The minimum atomic E-state index is -1.63. The van der Waals surface area contributed by atoms with Crippen LogP contribution in [-0.2, 0) is 19.9 Å². The highest BCUT2D eigenvalue weighted by Gasteiger charge is 2.50. The smallest absolute Gasteiger partial charge is 0.325 e. The van der Waals surface area contributed by atoms with Crippen LogP contribution in [0.3, 0.4) is 0 Å². The normalized spacial score (nSPS) is 21.5. The Balaban J connectivity index is 1.67. The molecule has 5 amide bonds. The number of imide groups is 1. The molecule has 0 spiro atoms. The Hall–Kier alpha value is -3.04. The number of amides is 5. The number of hydrogen-bond acceptors (Lipinski definition) is 4. The van der Waals surface area contributed by atoms with E-state index >= 15 is 0 Å². The molecule has 1 aromatic carbocycles. The third-order valence-corrected chi connectivity index (χ3v) is 4.81. The first-order valence-electron chi connectivity index (χ1n) is 8.75. The fourth-order valence-electron chi connectivity index (χ4n) is 2.90. The van der Waals surface area contributed by atoms with Gasteiger partial charge in [-0.2, -0.15) is 0 Å². The summed E-state index contributed by atoms with van der Waals surface area (Å²) in [4.78, 5) is 50.9. The second kappa shape index (κ2) is 7.17. The van der Waals surface area contributed by atoms with E-state index in [1.54, 1.807) is 0 Å². The van der Waals surface area contributed by atoms with Crippen LogP contribution in [0.4, 0.5) is 13.6 Å². The lowest BCUT2D eigenvalue weighted by molar-refractivity contribution is -0.139. The molecule has 2 aliphatic rings. The van der Waals surface area contributed by atoms with Gasteiger partial charge in [-0.3, -0.25) is 19.3 Å². The van der Waals surface area contributed by atoms with Crippen LogP contribution in [0, 0.1) is 11.6 Å². The van der Waals surface area contributed by atoms with Crippen LogP contribution in [0.25, 0.3) is 0 Å². The van der Waals surface area contributed by atoms with E-state index in [1.807, 2.05) is 0 Å². The Morgan fingerprint density at radius 2 is 1.96 bits per heavy atom. The molecule has 1 unspecified atom stereocenters. The Morgan fingerprint density at radius 3 is 2.57 bits per heavy atom. The predicted molar refractivity (Wildman–Crippen MR) is 92.8 cm³/mol. The monoisotopic (exact) mass is 394 g/mol. The average molecular weight is 394 g/mol. The zero-order valence-electron chi connectivity index (χ0n) is 15.4. The molecule has 1 saturated carbocycles. The number of likely N-dealkylation sites (N-methyl/N-ethyl adjacent to an activating group) is 1. The highest BCUT2D eigenvalue weighted by atomic mass is 19.2. The van der Waals surface area contributed by atoms with E-state index in [9.17, 15) is 28.0 Å². The molecule has 1 aliphatic heterocycles. The lowest BCUT2D eigenvalue weighted by Crippen LogP contribution is -2.46. The molecule has 28 heavy (non-hydrogen) atoms. The van der Waals surface area contributed by atoms with Crippen molar-refractivity contribution in [3.63, 3.8) is 0 Å². The maximum atomic E-state index is 13.5. The van der Waals surface area contributed by atoms with Crippen molar-refractivity contribution in [2.24, 2.45) is 0 Å². The highest BCUT2D eigenvalue weighted by Crippen LogP contribution is 2.29. The molecule has 1 heterocycles. The Morgan fingerprint density at radius 1 is 1.29 bits per heavy atom. The number of carbonyl (C=O) groups is 4. The lowest BCUT2D eigenvalue weighted by atomic mass is 9.92. The van der Waals surface area contributed by atoms with Crippen LogP contribution < -0.4 is 10.6 Å². The Labute approximate surface area is 159 Å². The zero-order valence-corrected chi connectivity index (χ0v) is 15.4. The molecule has 2 N–H and O–H groups in total. The zero-order chi connectivity index (χ0) is 20.6. The topological polar surface area (TPSA) is 98.8 Å². The molecule has 8 nitrogen and oxygen atoms in total. The molecular formula is C18H20F2N4O4. The van der Waals surface area contributed by atoms with Gasteiger partial charge in [0.1, 0.15) is 12.1 Å². The second-order valence-electron chi connectivity index (χ2n) is 7.17. The number of carbonyl (C=O) groups excluding carboxylic acids is 4. The first-order valence-corrected chi connectivity index (χ1v) is 8.75. The number of halogens is 2. The summed E-state index contributed by atoms with van der Waals surface area (Å²) in [7, 11) is 1.39. The average Bonchev–Trinajstić information content (AvgIpc) is 3.40. The third kappa shape index (κ3) is 3.80. The van der Waals surface area contributed by atoms with Crippen molar-refractivity contribution in [1.29, 1.82) is 0 Å². The minimum Gasteiger partial charge on any atom is -0.352 e. The quantitative estimate of drug-likeness (QED) is 0.686. The van der Waals surface area contributed by atoms with Gasteiger partial charge < -0.3 is 15.5 Å². The molecule has 0 aromatic heterocycles. The van der Waals surface area contributed by atoms with E-state index in [-0.39, 0.29) is 24.1 Å². The largest absolute Gasteiger partial charge is 0.352 e. The van der Waals surface area contributed by atoms with E-state index < -0.39 is 41.6 Å². The molecule has 0 bridgehead atoms. The number of nitrogens with one attached hydrogen (secondary N) is 2. The van der Waals surface area contributed by atoms with Crippen molar-refractivity contribution in [3.05, 3.63) is 35.4 Å². The summed E-state index contributed by atoms with van der Waals surface area (Å²) in [6.07, 6.45) is 1.82. The van der Waals surface area contributed by atoms with Crippen molar-refractivity contribution in [3.8, 4) is 0 Å². The van der Waals surface area contributed by atoms with Gasteiger partial charge in [0.15, 0.2) is 11.6 Å². The fourth-order valence-corrected chi connectivity index (χ4v) is 2.90. The van der Waals surface area contributed by atoms with Gasteiger partial charge in [0.05, 0.1) is 6.54 Å². The molecule has 3 rings (SSSR count). The van der Waals surface area contributed by atoms with Gasteiger partial charge in [-0.25, -0.2) is 13.6 Å². The number of rotatable bonds is 6. The summed E-state index contributed by atoms with van der Waals surface area (Å²) < 4.78 is 26.7. The van der Waals surface area contributed by atoms with E-state index in [4.69, 9.17) is 0 Å². The van der Waals surface area contributed by atoms with Gasteiger partial charge in [-0.1, -0.05) is 6.07 Å². The van der Waals surface area contributed by atoms with Crippen molar-refractivity contribution >= 4 is 23.8 Å². The summed E-state index contributed by atoms with van der Waals surface area (Å²) in [5.41, 5.74) is -1.58. The molecule has 1 atom stereocenters. The van der Waals surface area contributed by atoms with Crippen LogP contribution in [0.5, 0.6) is 0 Å². The van der Waals surface area contributed by atoms with Crippen LogP contribution in [0.2, 0.25) is 0 Å². The Bertz CT molecular complexity index is 858. The van der Waals surface area contributed by atoms with Gasteiger partial charge in [-0.15, -0.1) is 0 Å². The molecular weight excluding hydrogens is 374 g/mol. The summed E-state index contributed by atoms with van der Waals surface area (Å²) in [6, 6.07) is 2.19. The maximum Gasteiger partial charge on any atom is 0.325 e. The van der Waals surface area contributed by atoms with Gasteiger partial charge in [-0.05, 0) is 37.5 Å². The lowest BCUT2D eigenvalue weighted by Gasteiger charge is -2.23. The summed E-state index contributed by atoms with van der Waals surface area (Å²) in [5, 5.41) is 5.15. The molecule has 10 heteroatoms. The standard InChI is InChI=1S/C18H20F2N4O4/c1-18(10-3-6-12(19)13(20)7-10)16(27)24(17(28)22-18)9-15(26)23(2)8-14(25)21-11-4-5-11/h3,6-7,11H,4-5,8-9H2,1-2H3,(H,21,25)(H,22,28). The summed E-state index contributed by atoms with van der Waals surface area (Å²) in [6.45, 7) is 0.577. The highest BCUT2D eigenvalue weighted by molar-refractivity contribution is 6.09. The van der Waals surface area contributed by atoms with Crippen molar-refractivity contribution in [2.45, 2.75) is 31.3 Å². The van der Waals surface area contributed by atoms with Crippen LogP contribution in [-0.4, -0.2) is 59.7 Å². The van der Waals surface area contributed by atoms with E-state index in [2.05, 4.69) is 10.6 Å². The minimum absolute atomic E-state index is 0.0527. The summed E-state index contributed by atoms with van der Waals surface area (Å²) >= 11 is 0. The fraction of sp³-hybridized carbons (Fsp3) is 0.444. The number of hydrogen-bond donors (Lipinski definition) is 2. The molecule has 1 aliphatic carbocycles. The van der Waals surface area contributed by atoms with E-state index in [1.165, 1.54) is 20.0 Å². The molecule has 2 fully saturated rings. The summed E-state index contributed by atoms with van der Waals surface area (Å²) in [5.74, 6) is -3.93. The van der Waals surface area contributed by atoms with Gasteiger partial charge in [0.2, 0.25) is 11.8 Å². The molecule has 0 radical (unpaired) electrons.